The van der Waals surface area contributed by atoms with Crippen LogP contribution in [0.25, 0.3) is 0 Å². The zero-order chi connectivity index (χ0) is 11.9. The van der Waals surface area contributed by atoms with Gasteiger partial charge in [0.15, 0.2) is 0 Å². The molecule has 2 rings (SSSR count). The number of halogens is 2. The number of alkyl halides is 1. The minimum atomic E-state index is 0.428. The molecule has 1 saturated carbocycles. The van der Waals surface area contributed by atoms with Gasteiger partial charge in [-0.05, 0) is 54.0 Å². The summed E-state index contributed by atoms with van der Waals surface area (Å²) in [5.74, 6) is 0. The van der Waals surface area contributed by atoms with Gasteiger partial charge in [0.25, 0.3) is 0 Å². The monoisotopic (exact) mass is 348 g/mol. The van der Waals surface area contributed by atoms with Gasteiger partial charge in [0.1, 0.15) is 0 Å². The molecule has 1 heterocycles. The number of hydrogen-bond donors (Lipinski definition) is 0. The Morgan fingerprint density at radius 3 is 2.69 bits per heavy atom. The normalized spacial score (nSPS) is 29.9. The number of aromatic nitrogens is 2. The van der Waals surface area contributed by atoms with Gasteiger partial charge in [-0.1, -0.05) is 22.9 Å². The summed E-state index contributed by atoms with van der Waals surface area (Å²) >= 11 is 7.39. The Morgan fingerprint density at radius 2 is 2.25 bits per heavy atom. The van der Waals surface area contributed by atoms with Crippen molar-refractivity contribution in [2.24, 2.45) is 12.5 Å². The van der Waals surface area contributed by atoms with Crippen molar-refractivity contribution in [1.29, 1.82) is 0 Å². The number of rotatable bonds is 2. The minimum Gasteiger partial charge on any atom is -0.271 e. The molecular weight excluding hydrogens is 332 g/mol. The Kier molecular flexibility index (Phi) is 3.51. The molecule has 2 unspecified atom stereocenters. The van der Waals surface area contributed by atoms with Crippen LogP contribution in [0.2, 0.25) is 0 Å². The molecule has 90 valence electrons. The highest BCUT2D eigenvalue weighted by molar-refractivity contribution is 9.10. The van der Waals surface area contributed by atoms with Crippen molar-refractivity contribution in [3.63, 3.8) is 0 Å². The van der Waals surface area contributed by atoms with Crippen LogP contribution in [0.15, 0.2) is 4.47 Å². The summed E-state index contributed by atoms with van der Waals surface area (Å²) in [4.78, 5) is 0.700. The summed E-state index contributed by atoms with van der Waals surface area (Å²) in [5.41, 5.74) is 2.85. The summed E-state index contributed by atoms with van der Waals surface area (Å²) in [5, 5.41) is 4.46. The van der Waals surface area contributed by atoms with E-state index in [0.29, 0.717) is 10.2 Å². The van der Waals surface area contributed by atoms with Gasteiger partial charge in [0, 0.05) is 11.9 Å². The largest absolute Gasteiger partial charge is 0.271 e. The molecule has 16 heavy (non-hydrogen) atoms. The predicted octanol–water partition coefficient (Wildman–Crippen LogP) is 3.99. The maximum absolute atomic E-state index is 4.46. The highest BCUT2D eigenvalue weighted by Crippen LogP contribution is 2.44. The van der Waals surface area contributed by atoms with E-state index >= 15 is 0 Å². The van der Waals surface area contributed by atoms with Crippen molar-refractivity contribution in [1.82, 2.24) is 9.78 Å². The summed E-state index contributed by atoms with van der Waals surface area (Å²) in [7, 11) is 2.04. The van der Waals surface area contributed by atoms with E-state index < -0.39 is 0 Å². The predicted molar refractivity (Wildman–Crippen MR) is 74.0 cm³/mol. The van der Waals surface area contributed by atoms with Crippen molar-refractivity contribution in [3.8, 4) is 0 Å². The standard InChI is InChI=1S/C12H18Br2N2/c1-8-11(14)10(16(3)15-8)7-12(2)5-4-9(13)6-12/h9H,4-7H2,1-3H3. The quantitative estimate of drug-likeness (QED) is 0.738. The average molecular weight is 350 g/mol. The molecule has 0 aliphatic heterocycles. The van der Waals surface area contributed by atoms with Gasteiger partial charge in [-0.3, -0.25) is 4.68 Å². The Bertz CT molecular complexity index is 400. The first-order chi connectivity index (χ1) is 7.41. The molecule has 1 aliphatic carbocycles. The molecule has 0 aromatic carbocycles. The lowest BCUT2D eigenvalue weighted by Crippen LogP contribution is -2.18. The first-order valence-corrected chi connectivity index (χ1v) is 7.44. The lowest BCUT2D eigenvalue weighted by molar-refractivity contribution is 0.326. The maximum atomic E-state index is 4.46. The smallest absolute Gasteiger partial charge is 0.0738 e. The lowest BCUT2D eigenvalue weighted by atomic mass is 9.84. The van der Waals surface area contributed by atoms with E-state index in [1.165, 1.54) is 29.4 Å². The van der Waals surface area contributed by atoms with Gasteiger partial charge < -0.3 is 0 Å². The maximum Gasteiger partial charge on any atom is 0.0738 e. The van der Waals surface area contributed by atoms with Gasteiger partial charge in [-0.25, -0.2) is 0 Å². The van der Waals surface area contributed by atoms with Gasteiger partial charge >= 0.3 is 0 Å². The molecule has 2 atom stereocenters. The molecule has 1 aliphatic rings. The van der Waals surface area contributed by atoms with E-state index in [0.717, 1.165) is 12.1 Å². The molecule has 1 fully saturated rings. The van der Waals surface area contributed by atoms with Crippen LogP contribution in [0.4, 0.5) is 0 Å². The Balaban J connectivity index is 2.21. The molecular formula is C12H18Br2N2. The Labute approximate surface area is 114 Å². The molecule has 1 aromatic rings. The molecule has 0 radical (unpaired) electrons. The fourth-order valence-electron chi connectivity index (χ4n) is 2.68. The molecule has 4 heteroatoms. The van der Waals surface area contributed by atoms with E-state index in [1.54, 1.807) is 0 Å². The SMILES string of the molecule is Cc1nn(C)c(CC2(C)CCC(Br)C2)c1Br. The highest BCUT2D eigenvalue weighted by atomic mass is 79.9. The fraction of sp³-hybridized carbons (Fsp3) is 0.750. The molecule has 2 nitrogen and oxygen atoms in total. The molecule has 0 saturated heterocycles. The van der Waals surface area contributed by atoms with Crippen molar-refractivity contribution >= 4 is 31.9 Å². The Hall–Kier alpha value is 0.170. The number of aryl methyl sites for hydroxylation is 2. The van der Waals surface area contributed by atoms with E-state index in [-0.39, 0.29) is 0 Å². The molecule has 0 N–H and O–H groups in total. The molecule has 0 bridgehead atoms. The first-order valence-electron chi connectivity index (χ1n) is 5.73. The highest BCUT2D eigenvalue weighted by Gasteiger charge is 2.35. The van der Waals surface area contributed by atoms with E-state index in [4.69, 9.17) is 0 Å². The summed E-state index contributed by atoms with van der Waals surface area (Å²) in [6.07, 6.45) is 4.99. The summed E-state index contributed by atoms with van der Waals surface area (Å²) in [6, 6.07) is 0. The van der Waals surface area contributed by atoms with E-state index in [1.807, 2.05) is 11.7 Å². The van der Waals surface area contributed by atoms with Crippen molar-refractivity contribution in [3.05, 3.63) is 15.9 Å². The van der Waals surface area contributed by atoms with Gasteiger partial charge in [-0.15, -0.1) is 0 Å². The second kappa shape index (κ2) is 4.45. The van der Waals surface area contributed by atoms with Crippen LogP contribution in [0, 0.1) is 12.3 Å². The van der Waals surface area contributed by atoms with Crippen molar-refractivity contribution in [2.75, 3.05) is 0 Å². The third kappa shape index (κ3) is 2.37. The zero-order valence-electron chi connectivity index (χ0n) is 10.1. The van der Waals surface area contributed by atoms with Crippen LogP contribution in [0.1, 0.15) is 37.6 Å². The van der Waals surface area contributed by atoms with Crippen LogP contribution < -0.4 is 0 Å². The lowest BCUT2D eigenvalue weighted by Gasteiger charge is -2.23. The van der Waals surface area contributed by atoms with Gasteiger partial charge in [0.05, 0.1) is 15.9 Å². The summed E-state index contributed by atoms with van der Waals surface area (Å²) < 4.78 is 3.21. The van der Waals surface area contributed by atoms with Crippen molar-refractivity contribution < 1.29 is 0 Å². The average Bonchev–Trinajstić information content (AvgIpc) is 2.63. The number of nitrogens with zero attached hydrogens (tertiary/aromatic N) is 2. The molecule has 0 spiro atoms. The van der Waals surface area contributed by atoms with Crippen LogP contribution in [0.5, 0.6) is 0 Å². The topological polar surface area (TPSA) is 17.8 Å². The van der Waals surface area contributed by atoms with Crippen LogP contribution >= 0.6 is 31.9 Å². The zero-order valence-corrected chi connectivity index (χ0v) is 13.2. The summed E-state index contributed by atoms with van der Waals surface area (Å²) in [6.45, 7) is 4.45. The van der Waals surface area contributed by atoms with Crippen molar-refractivity contribution in [2.45, 2.75) is 44.4 Å². The van der Waals surface area contributed by atoms with E-state index in [2.05, 4.69) is 50.8 Å². The minimum absolute atomic E-state index is 0.428. The fourth-order valence-corrected chi connectivity index (χ4v) is 4.17. The molecule has 1 aromatic heterocycles. The van der Waals surface area contributed by atoms with Gasteiger partial charge in [-0.2, -0.15) is 5.10 Å². The van der Waals surface area contributed by atoms with Gasteiger partial charge in [0.2, 0.25) is 0 Å². The molecule has 0 amide bonds. The Morgan fingerprint density at radius 1 is 1.56 bits per heavy atom. The van der Waals surface area contributed by atoms with Crippen LogP contribution in [-0.2, 0) is 13.5 Å². The van der Waals surface area contributed by atoms with Crippen LogP contribution in [-0.4, -0.2) is 14.6 Å². The first kappa shape index (κ1) is 12.6. The van der Waals surface area contributed by atoms with Crippen LogP contribution in [0.3, 0.4) is 0 Å². The third-order valence-electron chi connectivity index (χ3n) is 3.63. The van der Waals surface area contributed by atoms with E-state index in [9.17, 15) is 0 Å². The second-order valence-corrected chi connectivity index (χ2v) is 7.39. The third-order valence-corrected chi connectivity index (χ3v) is 5.44. The second-order valence-electron chi connectivity index (χ2n) is 5.30. The number of hydrogen-bond acceptors (Lipinski definition) is 1.